The first-order valence-corrected chi connectivity index (χ1v) is 18.7. The first-order valence-electron chi connectivity index (χ1n) is 17.9. The molecule has 14 nitrogen and oxygen atoms in total. The minimum Gasteiger partial charge on any atom is -0.472 e. The molecule has 8 aromatic rings. The van der Waals surface area contributed by atoms with Gasteiger partial charge in [-0.2, -0.15) is 10.2 Å². The van der Waals surface area contributed by atoms with Crippen LogP contribution in [0.2, 0.25) is 10.0 Å². The summed E-state index contributed by atoms with van der Waals surface area (Å²) in [5, 5.41) is 12.1. The molecule has 1 aliphatic rings. The van der Waals surface area contributed by atoms with Gasteiger partial charge < -0.3 is 20.9 Å². The fourth-order valence-electron chi connectivity index (χ4n) is 6.43. The molecule has 16 heteroatoms. The minimum absolute atomic E-state index is 0.0823. The number of fused-ring (bicyclic) bond motifs is 2. The lowest BCUT2D eigenvalue weighted by Crippen LogP contribution is -2.11. The fourth-order valence-corrected chi connectivity index (χ4v) is 6.98. The molecule has 0 saturated heterocycles. The zero-order chi connectivity index (χ0) is 38.7. The van der Waals surface area contributed by atoms with E-state index in [2.05, 4.69) is 10.1 Å². The van der Waals surface area contributed by atoms with Gasteiger partial charge in [-0.15, -0.1) is 0 Å². The molecule has 0 atom stereocenters. The maximum Gasteiger partial charge on any atom is 0.258 e. The average molecular weight is 786 g/mol. The van der Waals surface area contributed by atoms with E-state index in [0.717, 1.165) is 40.3 Å². The number of nitrogens with two attached hydrogens (primary N) is 2. The van der Waals surface area contributed by atoms with E-state index in [1.54, 1.807) is 21.8 Å². The Labute approximate surface area is 330 Å². The van der Waals surface area contributed by atoms with Gasteiger partial charge in [-0.05, 0) is 80.8 Å². The van der Waals surface area contributed by atoms with Crippen LogP contribution in [-0.2, 0) is 13.6 Å². The lowest BCUT2D eigenvalue weighted by molar-refractivity contribution is 0.233. The van der Waals surface area contributed by atoms with E-state index in [1.807, 2.05) is 87.9 Å². The maximum atomic E-state index is 6.87. The van der Waals surface area contributed by atoms with Crippen molar-refractivity contribution >= 4 is 56.6 Å². The van der Waals surface area contributed by atoms with Crippen LogP contribution >= 0.6 is 23.2 Å². The molecule has 0 aliphatic heterocycles. The number of ether oxygens (including phenoxy) is 2. The lowest BCUT2D eigenvalue weighted by Gasteiger charge is -2.15. The topological polar surface area (TPSA) is 183 Å². The summed E-state index contributed by atoms with van der Waals surface area (Å²) in [7, 11) is 1.84. The van der Waals surface area contributed by atoms with Crippen molar-refractivity contribution in [3.63, 3.8) is 0 Å². The molecule has 4 N–H and O–H groups in total. The quantitative estimate of drug-likeness (QED) is 0.137. The highest BCUT2D eigenvalue weighted by atomic mass is 35.5. The zero-order valence-corrected chi connectivity index (χ0v) is 32.0. The van der Waals surface area contributed by atoms with E-state index in [9.17, 15) is 0 Å². The number of hydrogen-bond acceptors (Lipinski definition) is 12. The minimum atomic E-state index is -0.170. The summed E-state index contributed by atoms with van der Waals surface area (Å²) in [6, 6.07) is 17.1. The van der Waals surface area contributed by atoms with Gasteiger partial charge in [-0.3, -0.25) is 19.3 Å². The number of halogens is 2. The van der Waals surface area contributed by atoms with Crippen molar-refractivity contribution in [2.45, 2.75) is 45.4 Å². The smallest absolute Gasteiger partial charge is 0.258 e. The molecule has 0 unspecified atom stereocenters. The number of anilines is 2. The number of aromatic nitrogens is 10. The van der Waals surface area contributed by atoms with E-state index in [1.165, 1.54) is 0 Å². The van der Waals surface area contributed by atoms with Crippen LogP contribution in [0.1, 0.15) is 32.3 Å². The molecular weight excluding hydrogens is 751 g/mol. The second-order valence-corrected chi connectivity index (χ2v) is 14.7. The third kappa shape index (κ3) is 6.88. The number of aryl methyl sites for hydroxylation is 1. The molecule has 1 fully saturated rings. The number of hydrogen-bond donors (Lipinski definition) is 2. The average Bonchev–Trinajstić information content (AvgIpc) is 3.69. The van der Waals surface area contributed by atoms with Crippen molar-refractivity contribution in [3.05, 3.63) is 95.0 Å². The van der Waals surface area contributed by atoms with Crippen LogP contribution in [0.4, 0.5) is 11.6 Å². The predicted molar refractivity (Wildman–Crippen MR) is 216 cm³/mol. The normalized spacial score (nSPS) is 12.9. The van der Waals surface area contributed by atoms with Crippen LogP contribution < -0.4 is 20.9 Å². The second-order valence-electron chi connectivity index (χ2n) is 13.9. The first-order chi connectivity index (χ1) is 27.1. The Morgan fingerprint density at radius 3 is 2.07 bits per heavy atom. The van der Waals surface area contributed by atoms with E-state index >= 15 is 0 Å². The summed E-state index contributed by atoms with van der Waals surface area (Å²) < 4.78 is 15.5. The predicted octanol–water partition coefficient (Wildman–Crippen LogP) is 7.81. The fraction of sp³-hybridized carbons (Fsp3) is 0.200. The zero-order valence-electron chi connectivity index (χ0n) is 30.5. The van der Waals surface area contributed by atoms with E-state index in [0.29, 0.717) is 61.8 Å². The van der Waals surface area contributed by atoms with Gasteiger partial charge >= 0.3 is 0 Å². The molecule has 9 rings (SSSR count). The maximum absolute atomic E-state index is 6.87. The molecule has 0 spiro atoms. The molecule has 0 amide bonds. The summed E-state index contributed by atoms with van der Waals surface area (Å²) >= 11 is 13.6. The number of pyridine rings is 2. The molecule has 0 bridgehead atoms. The van der Waals surface area contributed by atoms with Crippen LogP contribution in [0, 0.1) is 0 Å². The molecule has 6 heterocycles. The van der Waals surface area contributed by atoms with Crippen LogP contribution in [0.5, 0.6) is 11.8 Å². The highest BCUT2D eigenvalue weighted by molar-refractivity contribution is 6.36. The van der Waals surface area contributed by atoms with Crippen molar-refractivity contribution in [1.82, 2.24) is 49.5 Å². The molecule has 2 aromatic carbocycles. The van der Waals surface area contributed by atoms with E-state index < -0.39 is 0 Å². The number of nitrogen functional groups attached to an aromatic ring is 2. The van der Waals surface area contributed by atoms with Crippen LogP contribution in [0.25, 0.3) is 67.1 Å². The Balaban J connectivity index is 1.08. The summed E-state index contributed by atoms with van der Waals surface area (Å²) in [5.74, 6) is 0.867. The molecule has 1 aliphatic carbocycles. The second kappa shape index (κ2) is 14.0. The van der Waals surface area contributed by atoms with Crippen molar-refractivity contribution in [3.8, 4) is 57.1 Å². The van der Waals surface area contributed by atoms with Gasteiger partial charge in [0.1, 0.15) is 40.3 Å². The van der Waals surface area contributed by atoms with Gasteiger partial charge in [0.2, 0.25) is 0 Å². The molecule has 56 heavy (non-hydrogen) atoms. The standard InChI is InChI=1S/C40H34Cl2N12O2/c1-20(2)55-39-37(43)48-36(33(49-39)24-14-22-5-4-10-45-31(22)27(41)16-24)30-9-12-54(52-30)19-21-13-23-15-25(17-28(42)32(23)46-18-21)34-35(29-8-11-53(3)51-29)47-38(44)40(50-34)56-26-6-7-26/h4-5,8-18,20,26H,6-7,19H2,1-3H3,(H2,43,48)(H2,44,47). The highest BCUT2D eigenvalue weighted by Gasteiger charge is 2.27. The number of rotatable bonds is 10. The molecule has 280 valence electrons. The molecular formula is C40H34Cl2N12O2. The van der Waals surface area contributed by atoms with Gasteiger partial charge in [0.05, 0.1) is 33.7 Å². The Hall–Kier alpha value is -6.38. The molecule has 6 aromatic heterocycles. The van der Waals surface area contributed by atoms with Crippen LogP contribution in [0.3, 0.4) is 0 Å². The van der Waals surface area contributed by atoms with Gasteiger partial charge in [0.25, 0.3) is 11.8 Å². The monoisotopic (exact) mass is 784 g/mol. The van der Waals surface area contributed by atoms with Crippen molar-refractivity contribution < 1.29 is 9.47 Å². The summed E-state index contributed by atoms with van der Waals surface area (Å²) in [5.41, 5.74) is 19.6. The molecule has 0 radical (unpaired) electrons. The van der Waals surface area contributed by atoms with Crippen LogP contribution in [0.15, 0.2) is 79.4 Å². The van der Waals surface area contributed by atoms with Crippen molar-refractivity contribution in [1.29, 1.82) is 0 Å². The molecule has 1 saturated carbocycles. The largest absolute Gasteiger partial charge is 0.472 e. The Morgan fingerprint density at radius 2 is 1.39 bits per heavy atom. The van der Waals surface area contributed by atoms with Crippen molar-refractivity contribution in [2.75, 3.05) is 11.5 Å². The first kappa shape index (κ1) is 35.3. The lowest BCUT2D eigenvalue weighted by atomic mass is 10.0. The Bertz CT molecular complexity index is 2820. The van der Waals surface area contributed by atoms with Crippen LogP contribution in [-0.4, -0.2) is 61.7 Å². The van der Waals surface area contributed by atoms with E-state index in [-0.39, 0.29) is 35.6 Å². The SMILES string of the molecule is CC(C)Oc1nc(-c2cc(Cl)c3ncccc3c2)c(-c2ccn(Cc3cnc4c(Cl)cc(-c5nc(OC6CC6)c(N)nc5-c5ccn(C)n5)cc4c3)n2)nc1N. The Morgan fingerprint density at radius 1 is 0.750 bits per heavy atom. The third-order valence-corrected chi connectivity index (χ3v) is 9.69. The Kier molecular flexibility index (Phi) is 8.86. The highest BCUT2D eigenvalue weighted by Crippen LogP contribution is 2.39. The number of benzene rings is 2. The van der Waals surface area contributed by atoms with Gasteiger partial charge in [0, 0.05) is 53.7 Å². The van der Waals surface area contributed by atoms with Gasteiger partial charge in [0.15, 0.2) is 11.6 Å². The summed E-state index contributed by atoms with van der Waals surface area (Å²) in [6.45, 7) is 4.19. The van der Waals surface area contributed by atoms with Gasteiger partial charge in [-0.1, -0.05) is 29.3 Å². The third-order valence-electron chi connectivity index (χ3n) is 9.11. The van der Waals surface area contributed by atoms with Gasteiger partial charge in [-0.25, -0.2) is 19.9 Å². The van der Waals surface area contributed by atoms with E-state index in [4.69, 9.17) is 74.2 Å². The number of nitrogens with zero attached hydrogens (tertiary/aromatic N) is 10. The van der Waals surface area contributed by atoms with Crippen molar-refractivity contribution in [2.24, 2.45) is 7.05 Å². The summed E-state index contributed by atoms with van der Waals surface area (Å²) in [4.78, 5) is 28.3. The summed E-state index contributed by atoms with van der Waals surface area (Å²) in [6.07, 6.45) is 9.01.